The molecule has 5 atom stereocenters. The molecule has 1 heterocycles. The van der Waals surface area contributed by atoms with Crippen molar-refractivity contribution >= 4 is 41.5 Å². The molecule has 0 aromatic carbocycles. The zero-order valence-electron chi connectivity index (χ0n) is 23.2. The van der Waals surface area contributed by atoms with Crippen LogP contribution in [-0.2, 0) is 28.8 Å². The molecule has 0 saturated carbocycles. The molecule has 1 rings (SSSR count). The summed E-state index contributed by atoms with van der Waals surface area (Å²) in [5.74, 6) is -6.10. The van der Waals surface area contributed by atoms with Crippen LogP contribution in [0.3, 0.4) is 0 Å². The van der Waals surface area contributed by atoms with Crippen molar-refractivity contribution in [2.24, 2.45) is 28.1 Å². The molecular formula is C24H42N8O9. The van der Waals surface area contributed by atoms with Crippen LogP contribution >= 0.6 is 0 Å². The Morgan fingerprint density at radius 1 is 0.951 bits per heavy atom. The number of carboxylic acids is 2. The van der Waals surface area contributed by atoms with Crippen LogP contribution in [0.5, 0.6) is 0 Å². The normalized spacial score (nSPS) is 17.6. The number of carboxylic acid groups (broad SMARTS) is 2. The highest BCUT2D eigenvalue weighted by molar-refractivity contribution is 5.96. The van der Waals surface area contributed by atoms with Gasteiger partial charge in [0.25, 0.3) is 0 Å². The molecule has 12 N–H and O–H groups in total. The van der Waals surface area contributed by atoms with E-state index in [0.29, 0.717) is 6.42 Å². The predicted octanol–water partition coefficient (Wildman–Crippen LogP) is -3.59. The largest absolute Gasteiger partial charge is 0.481 e. The molecule has 17 nitrogen and oxygen atoms in total. The Bertz CT molecular complexity index is 986. The van der Waals surface area contributed by atoms with Gasteiger partial charge in [0.15, 0.2) is 5.96 Å². The first-order valence-electron chi connectivity index (χ1n) is 13.3. The Morgan fingerprint density at radius 2 is 1.59 bits per heavy atom. The van der Waals surface area contributed by atoms with Gasteiger partial charge < -0.3 is 53.4 Å². The van der Waals surface area contributed by atoms with E-state index < -0.39 is 78.8 Å². The monoisotopic (exact) mass is 586 g/mol. The molecule has 0 aromatic rings. The molecule has 0 unspecified atom stereocenters. The number of aliphatic hydroxyl groups excluding tert-OH is 1. The summed E-state index contributed by atoms with van der Waals surface area (Å²) < 4.78 is 0. The zero-order chi connectivity index (χ0) is 31.3. The van der Waals surface area contributed by atoms with E-state index in [1.54, 1.807) is 13.8 Å². The van der Waals surface area contributed by atoms with Crippen LogP contribution < -0.4 is 33.2 Å². The second-order valence-corrected chi connectivity index (χ2v) is 10.0. The number of carbonyl (C=O) groups is 6. The second-order valence-electron chi connectivity index (χ2n) is 10.0. The Labute approximate surface area is 237 Å². The number of rotatable bonds is 17. The molecular weight excluding hydrogens is 544 g/mol. The summed E-state index contributed by atoms with van der Waals surface area (Å²) in [6.07, 6.45) is 0.0342. The van der Waals surface area contributed by atoms with Gasteiger partial charge in [-0.15, -0.1) is 0 Å². The van der Waals surface area contributed by atoms with Gasteiger partial charge in [0.1, 0.15) is 24.2 Å². The minimum absolute atomic E-state index is 0.0184. The van der Waals surface area contributed by atoms with Crippen LogP contribution in [0, 0.1) is 5.92 Å². The van der Waals surface area contributed by atoms with Gasteiger partial charge in [-0.2, -0.15) is 0 Å². The number of aliphatic imine (C=N–C) groups is 1. The first-order chi connectivity index (χ1) is 19.2. The summed E-state index contributed by atoms with van der Waals surface area (Å²) in [6.45, 7) is 2.80. The maximum Gasteiger partial charge on any atom is 0.326 e. The molecule has 17 heteroatoms. The van der Waals surface area contributed by atoms with Gasteiger partial charge >= 0.3 is 11.9 Å². The van der Waals surface area contributed by atoms with Gasteiger partial charge in [-0.3, -0.25) is 29.0 Å². The first kappa shape index (κ1) is 35.0. The van der Waals surface area contributed by atoms with Crippen LogP contribution in [0.2, 0.25) is 0 Å². The number of amides is 4. The van der Waals surface area contributed by atoms with E-state index in [0.717, 1.165) is 4.90 Å². The van der Waals surface area contributed by atoms with Crippen LogP contribution in [0.4, 0.5) is 0 Å². The Hall–Kier alpha value is -3.99. The number of nitrogens with zero attached hydrogens (tertiary/aromatic N) is 2. The smallest absolute Gasteiger partial charge is 0.326 e. The minimum atomic E-state index is -1.47. The van der Waals surface area contributed by atoms with E-state index >= 15 is 0 Å². The number of guanidine groups is 1. The number of likely N-dealkylation sites (tertiary alicyclic amines) is 1. The standard InChI is InChI=1S/C24H42N8O9/c1-12(2)18(25)21(38)31-15(11-33)19(36)29-13(7-8-17(34)35)22(39)32-10-4-6-16(32)20(37)30-14(23(40)41)5-3-9-28-24(26)27/h12-16,18,33H,3-11,25H2,1-2H3,(H,29,36)(H,30,37)(H,31,38)(H,34,35)(H,40,41)(H4,26,27,28)/t13-,14-,15-,16-,18-/m0/s1. The Kier molecular flexibility index (Phi) is 14.5. The molecule has 1 saturated heterocycles. The topological polar surface area (TPSA) is 293 Å². The SMILES string of the molecule is CC(C)[C@H](N)C(=O)N[C@@H](CO)C(=O)N[C@@H](CCC(=O)O)C(=O)N1CCC[C@H]1C(=O)N[C@@H](CCCN=C(N)N)C(=O)O. The Morgan fingerprint density at radius 3 is 2.12 bits per heavy atom. The zero-order valence-corrected chi connectivity index (χ0v) is 23.2. The lowest BCUT2D eigenvalue weighted by Gasteiger charge is -2.30. The summed E-state index contributed by atoms with van der Waals surface area (Å²) >= 11 is 0. The van der Waals surface area contributed by atoms with Crippen molar-refractivity contribution in [2.45, 2.75) is 82.6 Å². The predicted molar refractivity (Wildman–Crippen MR) is 145 cm³/mol. The first-order valence-corrected chi connectivity index (χ1v) is 13.3. The van der Waals surface area contributed by atoms with Gasteiger partial charge in [0.2, 0.25) is 23.6 Å². The van der Waals surface area contributed by atoms with Crippen molar-refractivity contribution in [1.29, 1.82) is 0 Å². The molecule has 1 aliphatic rings. The highest BCUT2D eigenvalue weighted by Crippen LogP contribution is 2.20. The summed E-state index contributed by atoms with van der Waals surface area (Å²) in [5, 5.41) is 35.4. The summed E-state index contributed by atoms with van der Waals surface area (Å²) in [5.41, 5.74) is 16.3. The number of aliphatic hydroxyl groups is 1. The van der Waals surface area contributed by atoms with E-state index in [1.807, 2.05) is 0 Å². The summed E-state index contributed by atoms with van der Waals surface area (Å²) in [7, 11) is 0. The van der Waals surface area contributed by atoms with E-state index in [2.05, 4.69) is 20.9 Å². The molecule has 1 fully saturated rings. The van der Waals surface area contributed by atoms with Crippen molar-refractivity contribution in [3.63, 3.8) is 0 Å². The molecule has 41 heavy (non-hydrogen) atoms. The number of nitrogens with one attached hydrogen (secondary N) is 3. The fourth-order valence-electron chi connectivity index (χ4n) is 4.09. The fraction of sp³-hybridized carbons (Fsp3) is 0.708. The van der Waals surface area contributed by atoms with Crippen molar-refractivity contribution < 1.29 is 44.1 Å². The number of aliphatic carboxylic acids is 2. The van der Waals surface area contributed by atoms with Gasteiger partial charge in [-0.25, -0.2) is 4.79 Å². The average Bonchev–Trinajstić information content (AvgIpc) is 3.39. The highest BCUT2D eigenvalue weighted by Gasteiger charge is 2.39. The van der Waals surface area contributed by atoms with E-state index in [4.69, 9.17) is 22.3 Å². The maximum atomic E-state index is 13.4. The molecule has 0 radical (unpaired) electrons. The van der Waals surface area contributed by atoms with Crippen molar-refractivity contribution in [1.82, 2.24) is 20.9 Å². The lowest BCUT2D eigenvalue weighted by atomic mass is 10.0. The van der Waals surface area contributed by atoms with Crippen LogP contribution in [0.15, 0.2) is 4.99 Å². The van der Waals surface area contributed by atoms with Crippen LogP contribution in [0.25, 0.3) is 0 Å². The molecule has 0 aromatic heterocycles. The van der Waals surface area contributed by atoms with Gasteiger partial charge in [0.05, 0.1) is 12.6 Å². The third-order valence-corrected chi connectivity index (χ3v) is 6.50. The molecule has 0 bridgehead atoms. The highest BCUT2D eigenvalue weighted by atomic mass is 16.4. The Balaban J connectivity index is 3.01. The van der Waals surface area contributed by atoms with Gasteiger partial charge in [-0.1, -0.05) is 13.8 Å². The van der Waals surface area contributed by atoms with Gasteiger partial charge in [0, 0.05) is 19.5 Å². The lowest BCUT2D eigenvalue weighted by molar-refractivity contribution is -0.145. The third-order valence-electron chi connectivity index (χ3n) is 6.50. The van der Waals surface area contributed by atoms with E-state index in [9.17, 15) is 39.0 Å². The fourth-order valence-corrected chi connectivity index (χ4v) is 4.09. The van der Waals surface area contributed by atoms with Crippen molar-refractivity contribution in [2.75, 3.05) is 19.7 Å². The average molecular weight is 587 g/mol. The lowest BCUT2D eigenvalue weighted by Crippen LogP contribution is -2.59. The number of hydrogen-bond acceptors (Lipinski definition) is 9. The molecule has 0 aliphatic carbocycles. The van der Waals surface area contributed by atoms with Gasteiger partial charge in [-0.05, 0) is 38.0 Å². The molecule has 0 spiro atoms. The van der Waals surface area contributed by atoms with E-state index in [1.165, 1.54) is 0 Å². The number of nitrogens with two attached hydrogens (primary N) is 3. The summed E-state index contributed by atoms with van der Waals surface area (Å²) in [6, 6.07) is -6.19. The number of carbonyl (C=O) groups excluding carboxylic acids is 4. The van der Waals surface area contributed by atoms with E-state index in [-0.39, 0.29) is 50.7 Å². The quantitative estimate of drug-likeness (QED) is 0.0454. The molecule has 4 amide bonds. The van der Waals surface area contributed by atoms with Crippen LogP contribution in [-0.4, -0.2) is 112 Å². The maximum absolute atomic E-state index is 13.4. The van der Waals surface area contributed by atoms with Crippen LogP contribution in [0.1, 0.15) is 52.4 Å². The minimum Gasteiger partial charge on any atom is -0.481 e. The third kappa shape index (κ3) is 11.6. The van der Waals surface area contributed by atoms with Crippen molar-refractivity contribution in [3.8, 4) is 0 Å². The second kappa shape index (κ2) is 17.0. The summed E-state index contributed by atoms with van der Waals surface area (Å²) in [4.78, 5) is 79.4. The molecule has 232 valence electrons. The number of hydrogen-bond donors (Lipinski definition) is 9. The molecule has 1 aliphatic heterocycles. The van der Waals surface area contributed by atoms with Crippen molar-refractivity contribution in [3.05, 3.63) is 0 Å².